The molecule has 1 aliphatic rings. The Morgan fingerprint density at radius 3 is 2.61 bits per heavy atom. The summed E-state index contributed by atoms with van der Waals surface area (Å²) in [5.74, 6) is -0.957. The molecule has 2 N–H and O–H groups in total. The van der Waals surface area contributed by atoms with Crippen molar-refractivity contribution in [1.29, 1.82) is 0 Å². The second-order valence-corrected chi connectivity index (χ2v) is 5.71. The summed E-state index contributed by atoms with van der Waals surface area (Å²) in [4.78, 5) is 23.8. The third-order valence-electron chi connectivity index (χ3n) is 2.75. The maximum atomic E-state index is 12.0. The minimum atomic E-state index is -3.85. The second-order valence-electron chi connectivity index (χ2n) is 4.03. The van der Waals surface area contributed by atoms with Gasteiger partial charge in [0.05, 0.1) is 18.3 Å². The molecule has 2 rings (SSSR count). The number of carbonyl (C=O) groups excluding carboxylic acids is 2. The summed E-state index contributed by atoms with van der Waals surface area (Å²) in [5, 5.41) is 6.10. The van der Waals surface area contributed by atoms with Gasteiger partial charge in [-0.2, -0.15) is 9.82 Å². The van der Waals surface area contributed by atoms with E-state index >= 15 is 0 Å². The number of amides is 2. The Morgan fingerprint density at radius 2 is 2.17 bits per heavy atom. The van der Waals surface area contributed by atoms with Crippen LogP contribution in [-0.4, -0.2) is 48.4 Å². The van der Waals surface area contributed by atoms with Gasteiger partial charge in [-0.25, -0.2) is 8.42 Å². The van der Waals surface area contributed by atoms with Crippen molar-refractivity contribution in [3.05, 3.63) is 11.9 Å². The molecule has 98 valence electrons. The molecule has 0 aromatic carbocycles. The van der Waals surface area contributed by atoms with E-state index in [1.165, 1.54) is 7.05 Å². The number of imide groups is 1. The van der Waals surface area contributed by atoms with Crippen molar-refractivity contribution in [1.82, 2.24) is 19.8 Å². The molecule has 0 bridgehead atoms. The highest BCUT2D eigenvalue weighted by Crippen LogP contribution is 2.16. The fourth-order valence-corrected chi connectivity index (χ4v) is 3.03. The zero-order chi connectivity index (χ0) is 13.5. The average Bonchev–Trinajstić information content (AvgIpc) is 2.80. The van der Waals surface area contributed by atoms with Gasteiger partial charge in [0.25, 0.3) is 0 Å². The number of nitrogens with one attached hydrogen (secondary N) is 2. The molecule has 1 atom stereocenters. The van der Waals surface area contributed by atoms with Crippen LogP contribution in [0.15, 0.2) is 11.1 Å². The highest BCUT2D eigenvalue weighted by Gasteiger charge is 2.39. The first kappa shape index (κ1) is 12.7. The topological polar surface area (TPSA) is 112 Å². The number of rotatable bonds is 3. The van der Waals surface area contributed by atoms with E-state index in [0.29, 0.717) is 5.69 Å². The molecule has 8 nitrogen and oxygen atoms in total. The van der Waals surface area contributed by atoms with Gasteiger partial charge in [0.2, 0.25) is 21.8 Å². The lowest BCUT2D eigenvalue weighted by molar-refractivity contribution is -0.137. The van der Waals surface area contributed by atoms with Gasteiger partial charge in [-0.05, 0) is 6.92 Å². The molecule has 18 heavy (non-hydrogen) atoms. The van der Waals surface area contributed by atoms with Gasteiger partial charge in [0.15, 0.2) is 0 Å². The molecule has 1 unspecified atom stereocenters. The second kappa shape index (κ2) is 4.18. The maximum absolute atomic E-state index is 12.0. The summed E-state index contributed by atoms with van der Waals surface area (Å²) < 4.78 is 26.2. The molecule has 1 aromatic heterocycles. The quantitative estimate of drug-likeness (QED) is 0.668. The zero-order valence-corrected chi connectivity index (χ0v) is 10.6. The van der Waals surface area contributed by atoms with Crippen LogP contribution >= 0.6 is 0 Å². The Bertz CT molecular complexity index is 606. The first-order chi connectivity index (χ1) is 8.33. The number of H-pyrrole nitrogens is 1. The predicted molar refractivity (Wildman–Crippen MR) is 59.8 cm³/mol. The Morgan fingerprint density at radius 1 is 1.50 bits per heavy atom. The number of sulfonamides is 1. The summed E-state index contributed by atoms with van der Waals surface area (Å²) in [6, 6.07) is -1.04. The Labute approximate surface area is 103 Å². The number of aromatic nitrogens is 2. The maximum Gasteiger partial charge on any atom is 0.247 e. The third-order valence-corrected chi connectivity index (χ3v) is 4.34. The number of likely N-dealkylation sites (tertiary alicyclic amines) is 1. The lowest BCUT2D eigenvalue weighted by Crippen LogP contribution is -2.40. The molecule has 0 aliphatic carbocycles. The minimum absolute atomic E-state index is 0.0303. The van der Waals surface area contributed by atoms with Crippen LogP contribution in [0.4, 0.5) is 0 Å². The number of aromatic amines is 1. The van der Waals surface area contributed by atoms with Crippen LogP contribution < -0.4 is 4.72 Å². The lowest BCUT2D eigenvalue weighted by atomic mass is 10.3. The first-order valence-electron chi connectivity index (χ1n) is 5.15. The largest absolute Gasteiger partial charge is 0.284 e. The zero-order valence-electron chi connectivity index (χ0n) is 9.80. The van der Waals surface area contributed by atoms with Gasteiger partial charge in [0.1, 0.15) is 10.9 Å². The van der Waals surface area contributed by atoms with E-state index in [2.05, 4.69) is 14.9 Å². The van der Waals surface area contributed by atoms with E-state index in [1.54, 1.807) is 6.92 Å². The van der Waals surface area contributed by atoms with Crippen molar-refractivity contribution in [2.75, 3.05) is 7.05 Å². The van der Waals surface area contributed by atoms with Crippen LogP contribution in [0.5, 0.6) is 0 Å². The molecule has 1 fully saturated rings. The number of aryl methyl sites for hydroxylation is 1. The fourth-order valence-electron chi connectivity index (χ4n) is 1.71. The molecular weight excluding hydrogens is 260 g/mol. The highest BCUT2D eigenvalue weighted by atomic mass is 32.2. The Kier molecular flexibility index (Phi) is 2.95. The molecule has 2 heterocycles. The van der Waals surface area contributed by atoms with Crippen molar-refractivity contribution in [2.24, 2.45) is 0 Å². The molecule has 0 saturated carbocycles. The predicted octanol–water partition coefficient (Wildman–Crippen LogP) is -1.25. The molecule has 0 radical (unpaired) electrons. The van der Waals surface area contributed by atoms with Gasteiger partial charge >= 0.3 is 0 Å². The van der Waals surface area contributed by atoms with Gasteiger partial charge in [-0.3, -0.25) is 19.6 Å². The third kappa shape index (κ3) is 2.02. The van der Waals surface area contributed by atoms with Crippen LogP contribution in [0.1, 0.15) is 12.1 Å². The number of carbonyl (C=O) groups is 2. The van der Waals surface area contributed by atoms with Gasteiger partial charge in [0, 0.05) is 7.05 Å². The molecule has 1 aliphatic heterocycles. The Balaban J connectivity index is 2.23. The van der Waals surface area contributed by atoms with Crippen LogP contribution in [0.25, 0.3) is 0 Å². The van der Waals surface area contributed by atoms with E-state index in [1.807, 2.05) is 0 Å². The summed E-state index contributed by atoms with van der Waals surface area (Å²) in [6.45, 7) is 1.55. The van der Waals surface area contributed by atoms with Crippen LogP contribution in [0, 0.1) is 6.92 Å². The van der Waals surface area contributed by atoms with Crippen molar-refractivity contribution in [3.63, 3.8) is 0 Å². The molecule has 1 aromatic rings. The fraction of sp³-hybridized carbons (Fsp3) is 0.444. The van der Waals surface area contributed by atoms with Crippen molar-refractivity contribution < 1.29 is 18.0 Å². The van der Waals surface area contributed by atoms with Gasteiger partial charge in [-0.15, -0.1) is 0 Å². The minimum Gasteiger partial charge on any atom is -0.284 e. The number of hydrogen-bond acceptors (Lipinski definition) is 5. The SMILES string of the molecule is Cc1[nH]ncc1S(=O)(=O)NC1CC(=O)N(C)C1=O. The van der Waals surface area contributed by atoms with Gasteiger partial charge in [-0.1, -0.05) is 0 Å². The number of nitrogens with zero attached hydrogens (tertiary/aromatic N) is 2. The van der Waals surface area contributed by atoms with E-state index in [4.69, 9.17) is 0 Å². The number of likely N-dealkylation sites (N-methyl/N-ethyl adjacent to an activating group) is 1. The Hall–Kier alpha value is -1.74. The van der Waals surface area contributed by atoms with E-state index in [0.717, 1.165) is 11.1 Å². The average molecular weight is 272 g/mol. The normalized spacial score (nSPS) is 20.8. The molecular formula is C9H12N4O4S. The monoisotopic (exact) mass is 272 g/mol. The van der Waals surface area contributed by atoms with Crippen LogP contribution in [0.2, 0.25) is 0 Å². The standard InChI is InChI=1S/C9H12N4O4S/c1-5-7(4-10-11-5)18(16,17)12-6-3-8(14)13(2)9(6)15/h4,6,12H,3H2,1-2H3,(H,10,11). The summed E-state index contributed by atoms with van der Waals surface area (Å²) in [5.41, 5.74) is 0.368. The lowest BCUT2D eigenvalue weighted by Gasteiger charge is -2.10. The molecule has 9 heteroatoms. The van der Waals surface area contributed by atoms with Crippen molar-refractivity contribution >= 4 is 21.8 Å². The van der Waals surface area contributed by atoms with Crippen molar-refractivity contribution in [2.45, 2.75) is 24.3 Å². The van der Waals surface area contributed by atoms with E-state index in [9.17, 15) is 18.0 Å². The van der Waals surface area contributed by atoms with Gasteiger partial charge < -0.3 is 0 Å². The first-order valence-corrected chi connectivity index (χ1v) is 6.64. The number of hydrogen-bond donors (Lipinski definition) is 2. The highest BCUT2D eigenvalue weighted by molar-refractivity contribution is 7.89. The van der Waals surface area contributed by atoms with E-state index in [-0.39, 0.29) is 11.3 Å². The summed E-state index contributed by atoms with van der Waals surface area (Å²) >= 11 is 0. The summed E-state index contributed by atoms with van der Waals surface area (Å²) in [7, 11) is -2.53. The van der Waals surface area contributed by atoms with E-state index < -0.39 is 27.9 Å². The molecule has 2 amide bonds. The summed E-state index contributed by atoms with van der Waals surface area (Å²) in [6.07, 6.45) is 0.994. The smallest absolute Gasteiger partial charge is 0.247 e. The van der Waals surface area contributed by atoms with Crippen LogP contribution in [0.3, 0.4) is 0 Å². The molecule has 0 spiro atoms. The van der Waals surface area contributed by atoms with Crippen LogP contribution in [-0.2, 0) is 19.6 Å². The van der Waals surface area contributed by atoms with Crippen molar-refractivity contribution in [3.8, 4) is 0 Å². The molecule has 1 saturated heterocycles.